The normalized spacial score (nSPS) is 14.1. The van der Waals surface area contributed by atoms with Gasteiger partial charge in [-0.2, -0.15) is 0 Å². The fourth-order valence-corrected chi connectivity index (χ4v) is 10.2. The van der Waals surface area contributed by atoms with E-state index in [0.717, 1.165) is 89.9 Å². The molecule has 0 saturated carbocycles. The van der Waals surface area contributed by atoms with Crippen LogP contribution in [0.4, 0.5) is 0 Å². The molecule has 0 aliphatic heterocycles. The molecule has 1 amide bonds. The Bertz CT molecular complexity index is 1640. The highest BCUT2D eigenvalue weighted by Gasteiger charge is 2.30. The van der Waals surface area contributed by atoms with E-state index in [-0.39, 0.29) is 37.9 Å². The van der Waals surface area contributed by atoms with Crippen molar-refractivity contribution in [1.29, 1.82) is 0 Å². The van der Waals surface area contributed by atoms with Crippen LogP contribution in [0.25, 0.3) is 0 Å². The first-order chi connectivity index (χ1) is 38.9. The number of likely N-dealkylation sites (N-methyl/N-ethyl adjacent to an activating group) is 1. The molecule has 3 atom stereocenters. The van der Waals surface area contributed by atoms with Gasteiger partial charge in [0.25, 0.3) is 0 Å². The number of phosphoric acid groups is 1. The monoisotopic (exact) mass is 1140 g/mol. The van der Waals surface area contributed by atoms with Crippen molar-refractivity contribution in [3.8, 4) is 0 Å². The van der Waals surface area contributed by atoms with Crippen molar-refractivity contribution in [3.05, 3.63) is 85.1 Å². The Labute approximate surface area is 495 Å². The highest BCUT2D eigenvalue weighted by atomic mass is 31.2. The molecule has 0 aromatic rings. The second-order valence-corrected chi connectivity index (χ2v) is 25.1. The molecule has 0 aliphatic rings. The van der Waals surface area contributed by atoms with E-state index >= 15 is 0 Å². The molecular weight excluding hydrogens is 1010 g/mol. The summed E-state index contributed by atoms with van der Waals surface area (Å²) in [6, 6.07) is -0.874. The lowest BCUT2D eigenvalue weighted by atomic mass is 10.0. The third-order valence-corrected chi connectivity index (χ3v) is 15.6. The summed E-state index contributed by atoms with van der Waals surface area (Å²) in [4.78, 5) is 37.8. The Morgan fingerprint density at radius 1 is 0.450 bits per heavy atom. The molecule has 0 spiro atoms. The lowest BCUT2D eigenvalue weighted by Gasteiger charge is -2.27. The fraction of sp³-hybridized carbons (Fsp3) is 0.771. The summed E-state index contributed by atoms with van der Waals surface area (Å²) >= 11 is 0. The smallest absolute Gasteiger partial charge is 0.456 e. The van der Waals surface area contributed by atoms with Gasteiger partial charge in [-0.15, -0.1) is 0 Å². The third kappa shape index (κ3) is 59.8. The van der Waals surface area contributed by atoms with Crippen molar-refractivity contribution in [3.63, 3.8) is 0 Å². The van der Waals surface area contributed by atoms with E-state index in [2.05, 4.69) is 99.0 Å². The Balaban J connectivity index is 5.23. The summed E-state index contributed by atoms with van der Waals surface area (Å²) < 4.78 is 30.7. The molecule has 464 valence electrons. The SMILES string of the molecule is CC/C=C\C/C=C\C/C=C\C/C=C\C/C=C\C/C=C\CCCCC(=O)NC(COP(=O)(O)OCC[N+](C)(C)C)C(/C=C/CCCCCCCCCCCC)OC(=O)CCCCCCCCCCCCCCCCCCCCCCC. The summed E-state index contributed by atoms with van der Waals surface area (Å²) in [6.07, 6.45) is 78.8. The molecule has 0 aliphatic carbocycles. The first kappa shape index (κ1) is 77.2. The highest BCUT2D eigenvalue weighted by Crippen LogP contribution is 2.43. The van der Waals surface area contributed by atoms with E-state index in [1.165, 1.54) is 167 Å². The van der Waals surface area contributed by atoms with Gasteiger partial charge in [-0.3, -0.25) is 18.6 Å². The number of hydrogen-bond donors (Lipinski definition) is 2. The fourth-order valence-electron chi connectivity index (χ4n) is 9.47. The molecule has 3 unspecified atom stereocenters. The van der Waals surface area contributed by atoms with E-state index < -0.39 is 20.0 Å². The number of phosphoric ester groups is 1. The quantitative estimate of drug-likeness (QED) is 0.0205. The number of quaternary nitrogens is 1. The van der Waals surface area contributed by atoms with Crippen molar-refractivity contribution >= 4 is 19.7 Å². The van der Waals surface area contributed by atoms with Crippen LogP contribution in [-0.2, 0) is 27.9 Å². The van der Waals surface area contributed by atoms with Crippen molar-refractivity contribution in [2.24, 2.45) is 0 Å². The van der Waals surface area contributed by atoms with E-state index in [1.54, 1.807) is 0 Å². The number of allylic oxidation sites excluding steroid dienone is 13. The van der Waals surface area contributed by atoms with Gasteiger partial charge in [0.05, 0.1) is 33.8 Å². The number of carbonyl (C=O) groups is 2. The van der Waals surface area contributed by atoms with Crippen LogP contribution < -0.4 is 5.32 Å². The third-order valence-electron chi connectivity index (χ3n) is 14.6. The zero-order chi connectivity index (χ0) is 58.6. The number of hydrogen-bond acceptors (Lipinski definition) is 6. The largest absolute Gasteiger partial charge is 0.472 e. The second kappa shape index (κ2) is 59.4. The molecule has 9 nitrogen and oxygen atoms in total. The zero-order valence-corrected chi connectivity index (χ0v) is 54.0. The average molecular weight is 1140 g/mol. The molecule has 2 N–H and O–H groups in total. The summed E-state index contributed by atoms with van der Waals surface area (Å²) in [6.45, 7) is 6.89. The van der Waals surface area contributed by atoms with Crippen LogP contribution in [0, 0.1) is 0 Å². The topological polar surface area (TPSA) is 111 Å². The number of nitrogens with one attached hydrogen (secondary N) is 1. The minimum absolute atomic E-state index is 0.0295. The number of rotatable bonds is 60. The molecule has 0 rings (SSSR count). The van der Waals surface area contributed by atoms with Crippen LogP contribution in [-0.4, -0.2) is 74.3 Å². The van der Waals surface area contributed by atoms with Crippen LogP contribution in [0.2, 0.25) is 0 Å². The van der Waals surface area contributed by atoms with Gasteiger partial charge in [0.15, 0.2) is 0 Å². The predicted molar refractivity (Wildman–Crippen MR) is 346 cm³/mol. The molecule has 0 aromatic heterocycles. The first-order valence-corrected chi connectivity index (χ1v) is 34.9. The Kier molecular flexibility index (Phi) is 57.3. The molecule has 0 bridgehead atoms. The summed E-state index contributed by atoms with van der Waals surface area (Å²) in [7, 11) is 1.47. The van der Waals surface area contributed by atoms with Gasteiger partial charge in [0.2, 0.25) is 5.91 Å². The highest BCUT2D eigenvalue weighted by molar-refractivity contribution is 7.47. The maximum absolute atomic E-state index is 13.6. The van der Waals surface area contributed by atoms with E-state index in [0.29, 0.717) is 17.4 Å². The minimum Gasteiger partial charge on any atom is -0.456 e. The van der Waals surface area contributed by atoms with Gasteiger partial charge >= 0.3 is 13.8 Å². The van der Waals surface area contributed by atoms with E-state index in [1.807, 2.05) is 33.3 Å². The maximum Gasteiger partial charge on any atom is 0.472 e. The van der Waals surface area contributed by atoms with Gasteiger partial charge in [-0.05, 0) is 83.1 Å². The van der Waals surface area contributed by atoms with Gasteiger partial charge in [-0.25, -0.2) is 4.57 Å². The first-order valence-electron chi connectivity index (χ1n) is 33.4. The number of carbonyl (C=O) groups excluding carboxylic acids is 2. The molecular formula is C70H128N2O7P+. The van der Waals surface area contributed by atoms with Crippen LogP contribution in [0.5, 0.6) is 0 Å². The molecule has 0 fully saturated rings. The lowest BCUT2D eigenvalue weighted by Crippen LogP contribution is -2.47. The molecule has 0 saturated heterocycles. The summed E-state index contributed by atoms with van der Waals surface area (Å²) in [5.41, 5.74) is 0. The van der Waals surface area contributed by atoms with Crippen molar-refractivity contribution in [1.82, 2.24) is 5.32 Å². The van der Waals surface area contributed by atoms with Crippen molar-refractivity contribution < 1.29 is 37.3 Å². The standard InChI is InChI=1S/C70H127N2O7P/c1-7-10-13-16-19-22-25-28-30-32-34-36-38-40-42-44-47-50-53-56-59-62-69(73)71-67(66-78-80(75,76)77-65-64-72(4,5)6)68(61-58-55-52-49-46-27-24-21-18-15-12-9-3)79-70(74)63-60-57-54-51-48-45-43-41-39-37-35-33-31-29-26-23-20-17-14-11-8-2/h10,13,19,22,28,30,34,36,40,42,47,50,58,61,67-68H,7-9,11-12,14-18,20-21,23-27,29,31-33,35,37-39,41,43-46,48-49,51-57,59-60,62-66H2,1-6H3,(H-,71,73,75,76)/p+1/b13-10-,22-19-,30-28-,36-34-,42-40-,50-47-,61-58+. The van der Waals surface area contributed by atoms with Crippen molar-refractivity contribution in [2.45, 2.75) is 309 Å². The number of amides is 1. The van der Waals surface area contributed by atoms with Crippen LogP contribution in [0.3, 0.4) is 0 Å². The van der Waals surface area contributed by atoms with Crippen LogP contribution in [0.15, 0.2) is 85.1 Å². The van der Waals surface area contributed by atoms with Gasteiger partial charge in [-0.1, -0.05) is 286 Å². The number of ether oxygens (including phenoxy) is 1. The maximum atomic E-state index is 13.6. The Morgan fingerprint density at radius 3 is 1.21 bits per heavy atom. The average Bonchev–Trinajstić information content (AvgIpc) is 3.42. The molecule has 0 radical (unpaired) electrons. The molecule has 0 heterocycles. The predicted octanol–water partition coefficient (Wildman–Crippen LogP) is 21.0. The Hall–Kier alpha value is -2.81. The van der Waals surface area contributed by atoms with Crippen LogP contribution >= 0.6 is 7.82 Å². The molecule has 0 aromatic carbocycles. The van der Waals surface area contributed by atoms with E-state index in [9.17, 15) is 19.0 Å². The Morgan fingerprint density at radius 2 is 0.800 bits per heavy atom. The minimum atomic E-state index is -4.47. The molecule has 80 heavy (non-hydrogen) atoms. The van der Waals surface area contributed by atoms with Gasteiger partial charge in [0.1, 0.15) is 19.3 Å². The number of nitrogens with zero attached hydrogens (tertiary/aromatic N) is 1. The second-order valence-electron chi connectivity index (χ2n) is 23.6. The van der Waals surface area contributed by atoms with Crippen molar-refractivity contribution in [2.75, 3.05) is 40.9 Å². The zero-order valence-electron chi connectivity index (χ0n) is 53.1. The van der Waals surface area contributed by atoms with Crippen LogP contribution in [0.1, 0.15) is 297 Å². The van der Waals surface area contributed by atoms with Gasteiger partial charge in [0, 0.05) is 12.8 Å². The summed E-state index contributed by atoms with van der Waals surface area (Å²) in [5, 5.41) is 3.04. The number of esters is 1. The van der Waals surface area contributed by atoms with Gasteiger partial charge < -0.3 is 19.4 Å². The van der Waals surface area contributed by atoms with E-state index in [4.69, 9.17) is 13.8 Å². The molecule has 10 heteroatoms. The number of unbranched alkanes of at least 4 members (excludes halogenated alkanes) is 32. The summed E-state index contributed by atoms with van der Waals surface area (Å²) in [5.74, 6) is -0.549. The lowest BCUT2D eigenvalue weighted by molar-refractivity contribution is -0.870.